The van der Waals surface area contributed by atoms with Crippen molar-refractivity contribution in [3.63, 3.8) is 0 Å². The number of rotatable bonds is 6. The average Bonchev–Trinajstić information content (AvgIpc) is 3.14. The summed E-state index contributed by atoms with van der Waals surface area (Å²) in [5.41, 5.74) is 1.37. The quantitative estimate of drug-likeness (QED) is 0.761. The summed E-state index contributed by atoms with van der Waals surface area (Å²) in [6.45, 7) is 1.83. The minimum atomic E-state index is -3.64. The van der Waals surface area contributed by atoms with Gasteiger partial charge in [-0.1, -0.05) is 0 Å². The van der Waals surface area contributed by atoms with Crippen LogP contribution in [0.3, 0.4) is 0 Å². The molecule has 1 saturated carbocycles. The fourth-order valence-corrected chi connectivity index (χ4v) is 4.52. The van der Waals surface area contributed by atoms with E-state index < -0.39 is 10.0 Å². The molecule has 1 aliphatic rings. The van der Waals surface area contributed by atoms with Crippen LogP contribution >= 0.6 is 0 Å². The highest BCUT2D eigenvalue weighted by molar-refractivity contribution is 7.92. The number of ether oxygens (including phenoxy) is 2. The predicted molar refractivity (Wildman–Crippen MR) is 103 cm³/mol. The van der Waals surface area contributed by atoms with E-state index in [0.717, 1.165) is 24.2 Å². The lowest BCUT2D eigenvalue weighted by Gasteiger charge is -2.21. The van der Waals surface area contributed by atoms with Gasteiger partial charge in [-0.25, -0.2) is 8.42 Å². The first-order valence-corrected chi connectivity index (χ1v) is 10.3. The van der Waals surface area contributed by atoms with Gasteiger partial charge in [-0.15, -0.1) is 0 Å². The highest BCUT2D eigenvalue weighted by Crippen LogP contribution is 2.29. The molecule has 0 aliphatic heterocycles. The molecule has 1 fully saturated rings. The van der Waals surface area contributed by atoms with Crippen LogP contribution in [0.15, 0.2) is 47.4 Å². The summed E-state index contributed by atoms with van der Waals surface area (Å²) in [5.74, 6) is 1.45. The zero-order chi connectivity index (χ0) is 18.7. The second kappa shape index (κ2) is 7.58. The van der Waals surface area contributed by atoms with Gasteiger partial charge in [0.05, 0.1) is 23.8 Å². The van der Waals surface area contributed by atoms with E-state index >= 15 is 0 Å². The molecule has 0 atom stereocenters. The van der Waals surface area contributed by atoms with E-state index in [1.165, 1.54) is 17.1 Å². The van der Waals surface area contributed by atoms with Gasteiger partial charge in [0.15, 0.2) is 0 Å². The van der Waals surface area contributed by atoms with Gasteiger partial charge in [-0.3, -0.25) is 4.31 Å². The van der Waals surface area contributed by atoms with Gasteiger partial charge in [-0.2, -0.15) is 0 Å². The molecule has 0 amide bonds. The molecule has 1 aliphatic carbocycles. The van der Waals surface area contributed by atoms with Crippen molar-refractivity contribution in [2.45, 2.75) is 43.6 Å². The zero-order valence-corrected chi connectivity index (χ0v) is 16.3. The maximum Gasteiger partial charge on any atom is 0.264 e. The molecule has 140 valence electrons. The lowest BCUT2D eigenvalue weighted by molar-refractivity contribution is 0.210. The van der Waals surface area contributed by atoms with Gasteiger partial charge in [0, 0.05) is 7.05 Å². The van der Waals surface area contributed by atoms with Crippen molar-refractivity contribution >= 4 is 15.7 Å². The average molecular weight is 375 g/mol. The number of benzene rings is 2. The molecular weight excluding hydrogens is 350 g/mol. The molecule has 2 aromatic rings. The van der Waals surface area contributed by atoms with Crippen LogP contribution in [0.2, 0.25) is 0 Å². The standard InChI is InChI=1S/C20H25NO4S/c1-15-14-19(12-13-20(15)24-3)26(22,23)21(2)16-8-10-18(11-9-16)25-17-6-4-5-7-17/h8-14,17H,4-7H2,1-3H3. The van der Waals surface area contributed by atoms with Crippen LogP contribution in [0.4, 0.5) is 5.69 Å². The lowest BCUT2D eigenvalue weighted by atomic mass is 10.2. The van der Waals surface area contributed by atoms with Gasteiger partial charge in [0.2, 0.25) is 0 Å². The Hall–Kier alpha value is -2.21. The molecule has 5 nitrogen and oxygen atoms in total. The lowest BCUT2D eigenvalue weighted by Crippen LogP contribution is -2.26. The Kier molecular flexibility index (Phi) is 5.41. The van der Waals surface area contributed by atoms with E-state index in [-0.39, 0.29) is 11.0 Å². The van der Waals surface area contributed by atoms with Crippen LogP contribution in [-0.4, -0.2) is 28.7 Å². The second-order valence-electron chi connectivity index (χ2n) is 6.62. The first-order valence-electron chi connectivity index (χ1n) is 8.82. The Balaban J connectivity index is 1.78. The molecule has 2 aromatic carbocycles. The summed E-state index contributed by atoms with van der Waals surface area (Å²) in [6.07, 6.45) is 4.89. The minimum absolute atomic E-state index is 0.240. The van der Waals surface area contributed by atoms with Crippen LogP contribution in [0.5, 0.6) is 11.5 Å². The first kappa shape index (κ1) is 18.6. The van der Waals surface area contributed by atoms with Gasteiger partial charge in [0.1, 0.15) is 11.5 Å². The van der Waals surface area contributed by atoms with Gasteiger partial charge in [0.25, 0.3) is 10.0 Å². The zero-order valence-electron chi connectivity index (χ0n) is 15.4. The van der Waals surface area contributed by atoms with Crippen molar-refractivity contribution in [3.05, 3.63) is 48.0 Å². The number of hydrogen-bond donors (Lipinski definition) is 0. The second-order valence-corrected chi connectivity index (χ2v) is 8.59. The summed E-state index contributed by atoms with van der Waals surface area (Å²) < 4.78 is 38.2. The number of methoxy groups -OCH3 is 1. The smallest absolute Gasteiger partial charge is 0.264 e. The van der Waals surface area contributed by atoms with E-state index in [1.54, 1.807) is 44.5 Å². The summed E-state index contributed by atoms with van der Waals surface area (Å²) >= 11 is 0. The van der Waals surface area contributed by atoms with Crippen LogP contribution < -0.4 is 13.8 Å². The molecular formula is C20H25NO4S. The number of nitrogens with zero attached hydrogens (tertiary/aromatic N) is 1. The Morgan fingerprint density at radius 2 is 1.69 bits per heavy atom. The monoisotopic (exact) mass is 375 g/mol. The third-order valence-corrected chi connectivity index (χ3v) is 6.61. The topological polar surface area (TPSA) is 55.8 Å². The molecule has 0 spiro atoms. The van der Waals surface area contributed by atoms with Crippen molar-refractivity contribution < 1.29 is 17.9 Å². The van der Waals surface area contributed by atoms with Crippen LogP contribution in [0, 0.1) is 6.92 Å². The Morgan fingerprint density at radius 1 is 1.04 bits per heavy atom. The van der Waals surface area contributed by atoms with Crippen LogP contribution in [0.1, 0.15) is 31.2 Å². The van der Waals surface area contributed by atoms with Gasteiger partial charge >= 0.3 is 0 Å². The summed E-state index contributed by atoms with van der Waals surface area (Å²) in [4.78, 5) is 0.240. The van der Waals surface area contributed by atoms with Crippen molar-refractivity contribution in [2.75, 3.05) is 18.5 Å². The number of hydrogen-bond acceptors (Lipinski definition) is 4. The highest BCUT2D eigenvalue weighted by Gasteiger charge is 2.22. The third kappa shape index (κ3) is 3.80. The fraction of sp³-hybridized carbons (Fsp3) is 0.400. The molecule has 0 N–H and O–H groups in total. The molecule has 0 radical (unpaired) electrons. The Bertz CT molecular complexity index is 856. The Morgan fingerprint density at radius 3 is 2.27 bits per heavy atom. The highest BCUT2D eigenvalue weighted by atomic mass is 32.2. The molecule has 6 heteroatoms. The van der Waals surface area contributed by atoms with Crippen LogP contribution in [-0.2, 0) is 10.0 Å². The summed E-state index contributed by atoms with van der Waals surface area (Å²) in [6, 6.07) is 12.1. The van der Waals surface area contributed by atoms with E-state index in [9.17, 15) is 8.42 Å². The van der Waals surface area contributed by atoms with E-state index in [4.69, 9.17) is 9.47 Å². The van der Waals surface area contributed by atoms with Crippen molar-refractivity contribution in [1.82, 2.24) is 0 Å². The molecule has 0 bridgehead atoms. The normalized spacial score (nSPS) is 15.0. The minimum Gasteiger partial charge on any atom is -0.496 e. The van der Waals surface area contributed by atoms with E-state index in [0.29, 0.717) is 11.4 Å². The maximum atomic E-state index is 12.9. The SMILES string of the molecule is COc1ccc(S(=O)(=O)N(C)c2ccc(OC3CCCC3)cc2)cc1C. The van der Waals surface area contributed by atoms with Crippen molar-refractivity contribution in [3.8, 4) is 11.5 Å². The van der Waals surface area contributed by atoms with Crippen LogP contribution in [0.25, 0.3) is 0 Å². The molecule has 3 rings (SSSR count). The fourth-order valence-electron chi connectivity index (χ4n) is 3.24. The van der Waals surface area contributed by atoms with Gasteiger partial charge < -0.3 is 9.47 Å². The number of sulfonamides is 1. The molecule has 0 saturated heterocycles. The summed E-state index contributed by atoms with van der Waals surface area (Å²) in [5, 5.41) is 0. The van der Waals surface area contributed by atoms with Gasteiger partial charge in [-0.05, 0) is 80.6 Å². The molecule has 26 heavy (non-hydrogen) atoms. The number of anilines is 1. The molecule has 0 unspecified atom stereocenters. The van der Waals surface area contributed by atoms with Crippen molar-refractivity contribution in [2.24, 2.45) is 0 Å². The number of aryl methyl sites for hydroxylation is 1. The predicted octanol–water partition coefficient (Wildman–Crippen LogP) is 4.15. The van der Waals surface area contributed by atoms with E-state index in [2.05, 4.69) is 0 Å². The van der Waals surface area contributed by atoms with Crippen molar-refractivity contribution in [1.29, 1.82) is 0 Å². The first-order chi connectivity index (χ1) is 12.4. The Labute approximate surface area is 155 Å². The summed E-state index contributed by atoms with van der Waals surface area (Å²) in [7, 11) is -0.513. The largest absolute Gasteiger partial charge is 0.496 e. The third-order valence-electron chi connectivity index (χ3n) is 4.83. The molecule has 0 heterocycles. The maximum absolute atomic E-state index is 12.9. The van der Waals surface area contributed by atoms with E-state index in [1.807, 2.05) is 19.1 Å². The molecule has 0 aromatic heterocycles.